The molecular weight excluding hydrogens is 324 g/mol. The number of fused-ring (bicyclic) bond motifs is 1. The average molecular weight is 348 g/mol. The maximum atomic E-state index is 13.0. The van der Waals surface area contributed by atoms with Gasteiger partial charge in [0.2, 0.25) is 5.91 Å². The molecule has 0 bridgehead atoms. The highest BCUT2D eigenvalue weighted by Crippen LogP contribution is 2.49. The Morgan fingerprint density at radius 2 is 1.81 bits per heavy atom. The van der Waals surface area contributed by atoms with Gasteiger partial charge in [-0.25, -0.2) is 0 Å². The summed E-state index contributed by atoms with van der Waals surface area (Å²) in [6.45, 7) is 4.30. The third-order valence-corrected chi connectivity index (χ3v) is 5.94. The monoisotopic (exact) mass is 348 g/mol. The average Bonchev–Trinajstić information content (AvgIpc) is 3.40. The summed E-state index contributed by atoms with van der Waals surface area (Å²) in [6, 6.07) is 17.0. The van der Waals surface area contributed by atoms with Gasteiger partial charge in [-0.05, 0) is 48.1 Å². The molecule has 2 atom stereocenters. The summed E-state index contributed by atoms with van der Waals surface area (Å²) in [7, 11) is 0. The highest BCUT2D eigenvalue weighted by Gasteiger charge is 2.46. The highest BCUT2D eigenvalue weighted by atomic mass is 16.5. The summed E-state index contributed by atoms with van der Waals surface area (Å²) in [4.78, 5) is 17.4. The number of rotatable bonds is 3. The number of morpholine rings is 1. The van der Waals surface area contributed by atoms with Crippen molar-refractivity contribution >= 4 is 17.3 Å². The summed E-state index contributed by atoms with van der Waals surface area (Å²) >= 11 is 0. The first-order valence-corrected chi connectivity index (χ1v) is 9.63. The number of ether oxygens (including phenoxy) is 1. The number of benzene rings is 2. The number of carbonyl (C=O) groups excluding carboxylic acids is 1. The Hall–Kier alpha value is -2.33. The van der Waals surface area contributed by atoms with Crippen LogP contribution in [0.15, 0.2) is 48.5 Å². The summed E-state index contributed by atoms with van der Waals surface area (Å²) in [5.74, 6) is 0.861. The second kappa shape index (κ2) is 6.44. The van der Waals surface area contributed by atoms with Crippen LogP contribution >= 0.6 is 0 Å². The van der Waals surface area contributed by atoms with Crippen LogP contribution in [0.25, 0.3) is 0 Å². The fourth-order valence-corrected chi connectivity index (χ4v) is 4.37. The molecule has 2 aromatic rings. The van der Waals surface area contributed by atoms with Gasteiger partial charge >= 0.3 is 0 Å². The molecule has 4 heteroatoms. The van der Waals surface area contributed by atoms with Crippen LogP contribution in [0, 0.1) is 5.92 Å². The van der Waals surface area contributed by atoms with E-state index in [0.29, 0.717) is 11.8 Å². The van der Waals surface area contributed by atoms with Crippen molar-refractivity contribution in [3.8, 4) is 0 Å². The van der Waals surface area contributed by atoms with Gasteiger partial charge in [-0.1, -0.05) is 30.3 Å². The fraction of sp³-hybridized carbons (Fsp3) is 0.409. The van der Waals surface area contributed by atoms with Crippen molar-refractivity contribution in [2.24, 2.45) is 5.92 Å². The van der Waals surface area contributed by atoms with E-state index in [9.17, 15) is 4.79 Å². The molecule has 1 amide bonds. The van der Waals surface area contributed by atoms with Crippen molar-refractivity contribution in [3.05, 3.63) is 59.7 Å². The van der Waals surface area contributed by atoms with Crippen LogP contribution in [0.2, 0.25) is 0 Å². The normalized spacial score (nSPS) is 24.5. The zero-order valence-electron chi connectivity index (χ0n) is 14.9. The molecule has 134 valence electrons. The summed E-state index contributed by atoms with van der Waals surface area (Å²) in [6.07, 6.45) is 1.95. The van der Waals surface area contributed by atoms with E-state index in [1.165, 1.54) is 16.8 Å². The predicted octanol–water partition coefficient (Wildman–Crippen LogP) is 3.22. The van der Waals surface area contributed by atoms with Crippen LogP contribution in [0.4, 0.5) is 11.4 Å². The van der Waals surface area contributed by atoms with E-state index >= 15 is 0 Å². The maximum absolute atomic E-state index is 13.0. The third kappa shape index (κ3) is 2.78. The first-order chi connectivity index (χ1) is 12.8. The molecule has 0 spiro atoms. The van der Waals surface area contributed by atoms with E-state index in [0.717, 1.165) is 51.4 Å². The van der Waals surface area contributed by atoms with Gasteiger partial charge < -0.3 is 14.5 Å². The first-order valence-electron chi connectivity index (χ1n) is 9.63. The van der Waals surface area contributed by atoms with Crippen LogP contribution in [0.1, 0.15) is 23.5 Å². The van der Waals surface area contributed by atoms with Crippen LogP contribution in [-0.4, -0.2) is 38.8 Å². The number of hydrogen-bond acceptors (Lipinski definition) is 3. The topological polar surface area (TPSA) is 32.8 Å². The number of carbonyl (C=O) groups is 1. The van der Waals surface area contributed by atoms with Gasteiger partial charge in [0.15, 0.2) is 0 Å². The molecule has 0 N–H and O–H groups in total. The molecule has 1 saturated heterocycles. The quantitative estimate of drug-likeness (QED) is 0.854. The minimum absolute atomic E-state index is 0.155. The van der Waals surface area contributed by atoms with Crippen LogP contribution in [0.3, 0.4) is 0 Å². The van der Waals surface area contributed by atoms with Crippen molar-refractivity contribution < 1.29 is 9.53 Å². The maximum Gasteiger partial charge on any atom is 0.230 e. The van der Waals surface area contributed by atoms with Crippen LogP contribution in [0.5, 0.6) is 0 Å². The Balaban J connectivity index is 1.32. The zero-order valence-corrected chi connectivity index (χ0v) is 14.9. The molecule has 1 aliphatic carbocycles. The van der Waals surface area contributed by atoms with Gasteiger partial charge in [0.1, 0.15) is 0 Å². The number of anilines is 2. The molecular formula is C22H24N2O2. The second-order valence-corrected chi connectivity index (χ2v) is 7.51. The molecule has 0 aromatic heterocycles. The SMILES string of the molecule is O=C(C1CC1c1ccccc1)N1CCc2cc(N3CCOCC3)ccc21. The number of hydrogen-bond donors (Lipinski definition) is 0. The van der Waals surface area contributed by atoms with Gasteiger partial charge in [-0.15, -0.1) is 0 Å². The van der Waals surface area contributed by atoms with E-state index in [4.69, 9.17) is 4.74 Å². The van der Waals surface area contributed by atoms with Gasteiger partial charge in [0.25, 0.3) is 0 Å². The molecule has 1 saturated carbocycles. The van der Waals surface area contributed by atoms with E-state index in [-0.39, 0.29) is 5.92 Å². The molecule has 0 radical (unpaired) electrons. The van der Waals surface area contributed by atoms with Gasteiger partial charge in [0.05, 0.1) is 13.2 Å². The standard InChI is InChI=1S/C22H24N2O2/c25-22(20-15-19(20)16-4-2-1-3-5-16)24-9-8-17-14-18(6-7-21(17)24)23-10-12-26-13-11-23/h1-7,14,19-20H,8-13,15H2. The summed E-state index contributed by atoms with van der Waals surface area (Å²) in [5, 5.41) is 0. The smallest absolute Gasteiger partial charge is 0.230 e. The second-order valence-electron chi connectivity index (χ2n) is 7.51. The van der Waals surface area contributed by atoms with E-state index < -0.39 is 0 Å². The van der Waals surface area contributed by atoms with Crippen LogP contribution in [-0.2, 0) is 16.0 Å². The van der Waals surface area contributed by atoms with Crippen molar-refractivity contribution in [2.45, 2.75) is 18.8 Å². The molecule has 4 nitrogen and oxygen atoms in total. The number of nitrogens with zero attached hydrogens (tertiary/aromatic N) is 2. The Bertz CT molecular complexity index is 814. The minimum atomic E-state index is 0.155. The molecule has 2 fully saturated rings. The van der Waals surface area contributed by atoms with Crippen molar-refractivity contribution in [1.82, 2.24) is 0 Å². The summed E-state index contributed by atoms with van der Waals surface area (Å²) in [5.41, 5.74) is 4.98. The Morgan fingerprint density at radius 1 is 1.00 bits per heavy atom. The molecule has 2 unspecified atom stereocenters. The molecule has 5 rings (SSSR count). The Labute approximate surface area is 154 Å². The van der Waals surface area contributed by atoms with Crippen molar-refractivity contribution in [1.29, 1.82) is 0 Å². The molecule has 2 heterocycles. The van der Waals surface area contributed by atoms with E-state index in [1.54, 1.807) is 0 Å². The van der Waals surface area contributed by atoms with Gasteiger partial charge in [-0.2, -0.15) is 0 Å². The number of amides is 1. The van der Waals surface area contributed by atoms with Crippen LogP contribution < -0.4 is 9.80 Å². The lowest BCUT2D eigenvalue weighted by molar-refractivity contribution is -0.119. The highest BCUT2D eigenvalue weighted by molar-refractivity contribution is 5.99. The minimum Gasteiger partial charge on any atom is -0.378 e. The lowest BCUT2D eigenvalue weighted by Gasteiger charge is -2.29. The molecule has 3 aliphatic rings. The van der Waals surface area contributed by atoms with Gasteiger partial charge in [0, 0.05) is 36.9 Å². The molecule has 2 aliphatic heterocycles. The molecule has 2 aromatic carbocycles. The Kier molecular flexibility index (Phi) is 3.93. The van der Waals surface area contributed by atoms with E-state index in [2.05, 4.69) is 47.4 Å². The lowest BCUT2D eigenvalue weighted by atomic mass is 10.1. The first kappa shape index (κ1) is 15.9. The van der Waals surface area contributed by atoms with Crippen molar-refractivity contribution in [3.63, 3.8) is 0 Å². The Morgan fingerprint density at radius 3 is 2.62 bits per heavy atom. The predicted molar refractivity (Wildman–Crippen MR) is 103 cm³/mol. The molecule has 26 heavy (non-hydrogen) atoms. The fourth-order valence-electron chi connectivity index (χ4n) is 4.37. The van der Waals surface area contributed by atoms with E-state index in [1.807, 2.05) is 11.0 Å². The zero-order chi connectivity index (χ0) is 17.5. The van der Waals surface area contributed by atoms with Crippen molar-refractivity contribution in [2.75, 3.05) is 42.6 Å². The third-order valence-electron chi connectivity index (χ3n) is 5.94. The lowest BCUT2D eigenvalue weighted by Crippen LogP contribution is -2.36. The van der Waals surface area contributed by atoms with Gasteiger partial charge in [-0.3, -0.25) is 4.79 Å². The largest absolute Gasteiger partial charge is 0.378 e. The summed E-state index contributed by atoms with van der Waals surface area (Å²) < 4.78 is 5.45.